The van der Waals surface area contributed by atoms with Crippen LogP contribution in [0.4, 0.5) is 11.4 Å². The minimum absolute atomic E-state index is 0.0722. The number of aliphatic carboxylic acids is 1. The van der Waals surface area contributed by atoms with Gasteiger partial charge in [0.05, 0.1) is 35.6 Å². The van der Waals surface area contributed by atoms with E-state index in [0.29, 0.717) is 30.4 Å². The highest BCUT2D eigenvalue weighted by Gasteiger charge is 2.24. The lowest BCUT2D eigenvalue weighted by Crippen LogP contribution is -2.16. The molecule has 2 fully saturated rings. The summed E-state index contributed by atoms with van der Waals surface area (Å²) in [4.78, 5) is 32.4. The highest BCUT2D eigenvalue weighted by molar-refractivity contribution is 7.92. The highest BCUT2D eigenvalue weighted by atomic mass is 32.2. The SMILES string of the molecule is CCOC(=O)COc1cc(C)c(Cc2ccc(N)c(C3CCCCC3)n2)c(C)c1C.Cc1cc(OCC(=O)O)c(C)c(C)c1Cc1ccc(NS(C)(=O)=O)c(C2CCCCC2)n1. The van der Waals surface area contributed by atoms with Crippen LogP contribution >= 0.6 is 0 Å². The highest BCUT2D eigenvalue weighted by Crippen LogP contribution is 2.38. The smallest absolute Gasteiger partial charge is 0.344 e. The number of carboxylic acids is 1. The molecule has 2 heterocycles. The zero-order chi connectivity index (χ0) is 45.1. The number of aryl methyl sites for hydroxylation is 2. The molecule has 2 aromatic carbocycles. The van der Waals surface area contributed by atoms with E-state index in [1.165, 1.54) is 49.7 Å². The molecule has 336 valence electrons. The number of sulfonamides is 1. The fraction of sp³-hybridized carbons (Fsp3) is 0.510. The van der Waals surface area contributed by atoms with Gasteiger partial charge in [-0.15, -0.1) is 0 Å². The van der Waals surface area contributed by atoms with Crippen LogP contribution in [0.5, 0.6) is 11.5 Å². The van der Waals surface area contributed by atoms with E-state index in [1.807, 2.05) is 64.1 Å². The molecule has 12 nitrogen and oxygen atoms in total. The number of hydrogen-bond acceptors (Lipinski definition) is 10. The van der Waals surface area contributed by atoms with Gasteiger partial charge < -0.3 is 25.1 Å². The molecule has 2 aliphatic rings. The number of ether oxygens (including phenoxy) is 3. The fourth-order valence-corrected chi connectivity index (χ4v) is 9.37. The van der Waals surface area contributed by atoms with Gasteiger partial charge in [-0.3, -0.25) is 14.7 Å². The maximum absolute atomic E-state index is 11.9. The van der Waals surface area contributed by atoms with Gasteiger partial charge in [0.2, 0.25) is 10.0 Å². The first-order chi connectivity index (χ1) is 29.4. The second-order valence-corrected chi connectivity index (χ2v) is 18.8. The Bertz CT molecular complexity index is 2330. The minimum atomic E-state index is -3.39. The van der Waals surface area contributed by atoms with Gasteiger partial charge in [0.1, 0.15) is 11.5 Å². The van der Waals surface area contributed by atoms with Gasteiger partial charge in [0.15, 0.2) is 13.2 Å². The number of hydrogen-bond donors (Lipinski definition) is 3. The van der Waals surface area contributed by atoms with E-state index in [0.717, 1.165) is 106 Å². The Morgan fingerprint density at radius 1 is 0.710 bits per heavy atom. The average Bonchev–Trinajstić information content (AvgIpc) is 3.24. The van der Waals surface area contributed by atoms with E-state index in [2.05, 4.69) is 18.6 Å². The summed E-state index contributed by atoms with van der Waals surface area (Å²) in [6, 6.07) is 11.7. The molecule has 0 bridgehead atoms. The summed E-state index contributed by atoms with van der Waals surface area (Å²) in [5, 5.41) is 8.90. The molecular formula is C49H66N4O8S. The van der Waals surface area contributed by atoms with E-state index in [4.69, 9.17) is 35.0 Å². The predicted molar refractivity (Wildman–Crippen MR) is 245 cm³/mol. The van der Waals surface area contributed by atoms with Crippen LogP contribution in [0, 0.1) is 41.5 Å². The molecule has 0 radical (unpaired) electrons. The van der Waals surface area contributed by atoms with Crippen molar-refractivity contribution >= 4 is 33.3 Å². The molecule has 0 atom stereocenters. The minimum Gasteiger partial charge on any atom is -0.482 e. The number of aromatic nitrogens is 2. The van der Waals surface area contributed by atoms with Crippen molar-refractivity contribution in [2.24, 2.45) is 0 Å². The van der Waals surface area contributed by atoms with Gasteiger partial charge in [-0.1, -0.05) is 38.5 Å². The lowest BCUT2D eigenvalue weighted by Gasteiger charge is -2.24. The Balaban J connectivity index is 0.000000235. The maximum atomic E-state index is 11.9. The Labute approximate surface area is 368 Å². The number of carbonyl (C=O) groups excluding carboxylic acids is 1. The normalized spacial score (nSPS) is 14.7. The van der Waals surface area contributed by atoms with Gasteiger partial charge in [-0.2, -0.15) is 0 Å². The first kappa shape index (κ1) is 47.9. The van der Waals surface area contributed by atoms with Gasteiger partial charge >= 0.3 is 11.9 Å². The molecule has 6 rings (SSSR count). The average molecular weight is 871 g/mol. The molecule has 2 aromatic heterocycles. The third kappa shape index (κ3) is 12.9. The van der Waals surface area contributed by atoms with Crippen molar-refractivity contribution in [2.45, 2.75) is 137 Å². The number of rotatable bonds is 15. The summed E-state index contributed by atoms with van der Waals surface area (Å²) in [7, 11) is -3.39. The summed E-state index contributed by atoms with van der Waals surface area (Å²) < 4.78 is 42.5. The van der Waals surface area contributed by atoms with Crippen LogP contribution in [0.1, 0.15) is 150 Å². The van der Waals surface area contributed by atoms with Gasteiger partial charge in [-0.05, 0) is 155 Å². The molecule has 13 heteroatoms. The van der Waals surface area contributed by atoms with E-state index in [9.17, 15) is 18.0 Å². The summed E-state index contributed by atoms with van der Waals surface area (Å²) in [5.41, 5.74) is 20.2. The number of esters is 1. The number of nitrogens with two attached hydrogens (primary N) is 1. The van der Waals surface area contributed by atoms with E-state index < -0.39 is 16.0 Å². The second kappa shape index (κ2) is 21.8. The fourth-order valence-electron chi connectivity index (χ4n) is 8.80. The van der Waals surface area contributed by atoms with Crippen LogP contribution in [0.3, 0.4) is 0 Å². The predicted octanol–water partition coefficient (Wildman–Crippen LogP) is 9.65. The van der Waals surface area contributed by atoms with Crippen LogP contribution in [-0.4, -0.2) is 61.5 Å². The van der Waals surface area contributed by atoms with Crippen LogP contribution < -0.4 is 19.9 Å². The second-order valence-electron chi connectivity index (χ2n) is 17.0. The molecule has 62 heavy (non-hydrogen) atoms. The van der Waals surface area contributed by atoms with Crippen LogP contribution in [0.15, 0.2) is 36.4 Å². The van der Waals surface area contributed by atoms with Crippen molar-refractivity contribution in [3.8, 4) is 11.5 Å². The molecule has 2 saturated carbocycles. The zero-order valence-electron chi connectivity index (χ0n) is 37.9. The van der Waals surface area contributed by atoms with E-state index in [1.54, 1.807) is 6.92 Å². The molecule has 0 amide bonds. The van der Waals surface area contributed by atoms with Crippen LogP contribution in [0.25, 0.3) is 0 Å². The zero-order valence-corrected chi connectivity index (χ0v) is 38.7. The third-order valence-electron chi connectivity index (χ3n) is 12.4. The molecule has 4 N–H and O–H groups in total. The number of pyridine rings is 2. The standard InChI is InChI=1S/C25H34N2O3.C24H32N2O5S/c1-5-29-24(28)15-30-23-13-16(2)21(17(3)18(23)4)14-20-11-12-22(26)25(27-20)19-9-7-6-8-10-19;1-15-12-22(31-14-23(27)28)17(3)16(2)20(15)13-19-10-11-21(26-32(4,29)30)24(25-19)18-8-6-5-7-9-18/h11-13,19H,5-10,14-15,26H2,1-4H3;10-12,18,26H,5-9,13-14H2,1-4H3,(H,27,28). The van der Waals surface area contributed by atoms with Crippen LogP contribution in [0.2, 0.25) is 0 Å². The molecule has 2 aliphatic carbocycles. The Hall–Kier alpha value is -5.17. The third-order valence-corrected chi connectivity index (χ3v) is 13.0. The van der Waals surface area contributed by atoms with Crippen molar-refractivity contribution in [3.05, 3.63) is 104 Å². The molecule has 0 unspecified atom stereocenters. The van der Waals surface area contributed by atoms with E-state index >= 15 is 0 Å². The Kier molecular flexibility index (Phi) is 16.8. The molecule has 0 spiro atoms. The summed E-state index contributed by atoms with van der Waals surface area (Å²) in [6.07, 6.45) is 14.2. The lowest BCUT2D eigenvalue weighted by molar-refractivity contribution is -0.145. The lowest BCUT2D eigenvalue weighted by atomic mass is 9.86. The van der Waals surface area contributed by atoms with E-state index in [-0.39, 0.29) is 25.1 Å². The largest absolute Gasteiger partial charge is 0.482 e. The summed E-state index contributed by atoms with van der Waals surface area (Å²) in [6.45, 7) is 13.8. The number of benzene rings is 2. The maximum Gasteiger partial charge on any atom is 0.344 e. The monoisotopic (exact) mass is 870 g/mol. The number of nitrogens with one attached hydrogen (secondary N) is 1. The van der Waals surface area contributed by atoms with Crippen molar-refractivity contribution in [3.63, 3.8) is 0 Å². The van der Waals surface area contributed by atoms with Crippen molar-refractivity contribution in [2.75, 3.05) is 36.5 Å². The molecule has 0 aliphatic heterocycles. The quantitative estimate of drug-likeness (QED) is 0.0969. The Morgan fingerprint density at radius 3 is 1.66 bits per heavy atom. The summed E-state index contributed by atoms with van der Waals surface area (Å²) >= 11 is 0. The number of nitrogens with zero attached hydrogens (tertiary/aromatic N) is 2. The number of carboxylic acid groups (broad SMARTS) is 1. The molecular weight excluding hydrogens is 805 g/mol. The van der Waals surface area contributed by atoms with Crippen LogP contribution in [-0.2, 0) is 37.2 Å². The topological polar surface area (TPSA) is 180 Å². The van der Waals surface area contributed by atoms with Gasteiger partial charge in [-0.25, -0.2) is 18.0 Å². The van der Waals surface area contributed by atoms with Gasteiger partial charge in [0.25, 0.3) is 0 Å². The molecule has 4 aromatic rings. The number of anilines is 2. The van der Waals surface area contributed by atoms with Crippen molar-refractivity contribution in [1.82, 2.24) is 9.97 Å². The number of nitrogen functional groups attached to an aromatic ring is 1. The number of carbonyl (C=O) groups is 2. The first-order valence-corrected chi connectivity index (χ1v) is 23.9. The van der Waals surface area contributed by atoms with Crippen molar-refractivity contribution in [1.29, 1.82) is 0 Å². The summed E-state index contributed by atoms with van der Waals surface area (Å²) in [5.74, 6) is 0.693. The van der Waals surface area contributed by atoms with Gasteiger partial charge in [0, 0.05) is 36.1 Å². The first-order valence-electron chi connectivity index (χ1n) is 22.0. The van der Waals surface area contributed by atoms with Crippen molar-refractivity contribution < 1.29 is 37.3 Å². The molecule has 0 saturated heterocycles. The Morgan fingerprint density at radius 2 is 1.18 bits per heavy atom.